The van der Waals surface area contributed by atoms with Crippen molar-refractivity contribution in [1.29, 1.82) is 0 Å². The smallest absolute Gasteiger partial charge is 0.352 e. The second-order valence-electron chi connectivity index (χ2n) is 1.79. The van der Waals surface area contributed by atoms with Gasteiger partial charge in [0.15, 0.2) is 0 Å². The lowest BCUT2D eigenvalue weighted by molar-refractivity contribution is -0.149. The third-order valence-electron chi connectivity index (χ3n) is 0.760. The van der Waals surface area contributed by atoms with E-state index in [0.717, 1.165) is 0 Å². The van der Waals surface area contributed by atoms with Crippen LogP contribution in [0.2, 0.25) is 0 Å². The largest absolute Gasteiger partial charge is 0.385 e. The second-order valence-corrected chi connectivity index (χ2v) is 3.01. The summed E-state index contributed by atoms with van der Waals surface area (Å²) in [7, 11) is 0. The van der Waals surface area contributed by atoms with Gasteiger partial charge in [-0.05, 0) is 13.8 Å². The molecule has 0 aromatic rings. The number of hydrogen-bond donors (Lipinski definition) is 0. The first-order valence-electron chi connectivity index (χ1n) is 2.72. The first-order chi connectivity index (χ1) is 4.95. The normalized spacial score (nSPS) is 8.55. The minimum absolute atomic E-state index is 0.00889. The van der Waals surface area contributed by atoms with Gasteiger partial charge in [0.1, 0.15) is 0 Å². The summed E-state index contributed by atoms with van der Waals surface area (Å²) in [6.07, 6.45) is 0. The molecule has 0 fully saturated rings. The van der Waals surface area contributed by atoms with E-state index in [1.165, 1.54) is 13.8 Å². The fourth-order valence-electron chi connectivity index (χ4n) is 0.228. The maximum Gasteiger partial charge on any atom is 0.352 e. The molecule has 0 heterocycles. The van der Waals surface area contributed by atoms with E-state index in [0.29, 0.717) is 0 Å². The first-order valence-corrected chi connectivity index (χ1v) is 3.54. The van der Waals surface area contributed by atoms with Crippen LogP contribution < -0.4 is 0 Å². The molecule has 0 N–H and O–H groups in total. The van der Waals surface area contributed by atoms with Gasteiger partial charge in [-0.15, -0.1) is 0 Å². The molecule has 0 rings (SSSR count). The molecule has 5 heteroatoms. The van der Waals surface area contributed by atoms with E-state index >= 15 is 0 Å². The molecule has 0 spiro atoms. The van der Waals surface area contributed by atoms with Crippen molar-refractivity contribution in [3.63, 3.8) is 0 Å². The summed E-state index contributed by atoms with van der Waals surface area (Å²) in [5.41, 5.74) is 0. The highest BCUT2D eigenvalue weighted by Crippen LogP contribution is 1.87. The number of thiocarbonyl (C=S) groups is 2. The van der Waals surface area contributed by atoms with Crippen molar-refractivity contribution in [3.8, 4) is 0 Å². The maximum absolute atomic E-state index is 10.6. The highest BCUT2D eigenvalue weighted by atomic mass is 32.1. The predicted molar refractivity (Wildman–Crippen MR) is 47.6 cm³/mol. The van der Waals surface area contributed by atoms with E-state index < -0.39 is 11.9 Å². The molecule has 0 aromatic heterocycles. The number of ether oxygens (including phenoxy) is 1. The quantitative estimate of drug-likeness (QED) is 0.366. The van der Waals surface area contributed by atoms with Gasteiger partial charge in [-0.3, -0.25) is 0 Å². The van der Waals surface area contributed by atoms with Crippen LogP contribution in [0.3, 0.4) is 0 Å². The molecule has 0 saturated carbocycles. The summed E-state index contributed by atoms with van der Waals surface area (Å²) in [4.78, 5) is 21.2. The fourth-order valence-corrected chi connectivity index (χ4v) is 0.311. The molecule has 0 bridgehead atoms. The van der Waals surface area contributed by atoms with Gasteiger partial charge in [-0.25, -0.2) is 9.59 Å². The monoisotopic (exact) mass is 190 g/mol. The Kier molecular flexibility index (Phi) is 3.99. The Labute approximate surface area is 74.7 Å². The summed E-state index contributed by atoms with van der Waals surface area (Å²) in [6, 6.07) is 0. The Morgan fingerprint density at radius 3 is 1.45 bits per heavy atom. The summed E-state index contributed by atoms with van der Waals surface area (Å²) >= 11 is 8.91. The number of esters is 2. The van der Waals surface area contributed by atoms with Crippen molar-refractivity contribution in [2.75, 3.05) is 0 Å². The van der Waals surface area contributed by atoms with Gasteiger partial charge < -0.3 is 4.74 Å². The van der Waals surface area contributed by atoms with Crippen LogP contribution >= 0.6 is 24.4 Å². The minimum atomic E-state index is -0.811. The molecule has 0 amide bonds. The zero-order valence-electron chi connectivity index (χ0n) is 6.04. The second kappa shape index (κ2) is 4.25. The topological polar surface area (TPSA) is 43.4 Å². The molecule has 0 atom stereocenters. The van der Waals surface area contributed by atoms with E-state index in [1.807, 2.05) is 0 Å². The Morgan fingerprint density at radius 1 is 1.00 bits per heavy atom. The van der Waals surface area contributed by atoms with E-state index in [9.17, 15) is 9.59 Å². The molecule has 60 valence electrons. The van der Waals surface area contributed by atoms with Crippen LogP contribution in [0, 0.1) is 0 Å². The molecule has 0 aliphatic heterocycles. The summed E-state index contributed by atoms with van der Waals surface area (Å²) in [6.45, 7) is 2.76. The molecular formula is C6H6O3S2. The van der Waals surface area contributed by atoms with Crippen molar-refractivity contribution in [2.45, 2.75) is 13.8 Å². The maximum atomic E-state index is 10.6. The highest BCUT2D eigenvalue weighted by molar-refractivity contribution is 7.82. The molecular weight excluding hydrogens is 184 g/mol. The Hall–Kier alpha value is -0.680. The third-order valence-corrected chi connectivity index (χ3v) is 1.09. The summed E-state index contributed by atoms with van der Waals surface area (Å²) in [5, 5.41) is 0. The summed E-state index contributed by atoms with van der Waals surface area (Å²) < 4.78 is 4.21. The number of rotatable bonds is 2. The van der Waals surface area contributed by atoms with E-state index in [1.54, 1.807) is 0 Å². The van der Waals surface area contributed by atoms with Crippen LogP contribution in [0.1, 0.15) is 13.8 Å². The van der Waals surface area contributed by atoms with E-state index in [4.69, 9.17) is 0 Å². The van der Waals surface area contributed by atoms with Gasteiger partial charge in [-0.2, -0.15) is 0 Å². The zero-order valence-corrected chi connectivity index (χ0v) is 7.67. The third kappa shape index (κ3) is 3.90. The van der Waals surface area contributed by atoms with Crippen LogP contribution in [0.4, 0.5) is 0 Å². The number of hydrogen-bond acceptors (Lipinski definition) is 5. The van der Waals surface area contributed by atoms with E-state index in [-0.39, 0.29) is 9.73 Å². The van der Waals surface area contributed by atoms with Crippen LogP contribution in [0.5, 0.6) is 0 Å². The molecule has 0 aliphatic carbocycles. The van der Waals surface area contributed by atoms with Gasteiger partial charge >= 0.3 is 11.9 Å². The van der Waals surface area contributed by atoms with Crippen molar-refractivity contribution in [2.24, 2.45) is 0 Å². The standard InChI is InChI=1S/C6H6O3S2/c1-3(10)5(7)9-6(8)4(2)11/h1-2H3. The molecule has 0 aromatic carbocycles. The van der Waals surface area contributed by atoms with Crippen molar-refractivity contribution < 1.29 is 14.3 Å². The minimum Gasteiger partial charge on any atom is -0.385 e. The highest BCUT2D eigenvalue weighted by Gasteiger charge is 2.12. The Morgan fingerprint density at radius 2 is 1.27 bits per heavy atom. The Bertz CT molecular complexity index is 208. The molecule has 0 unspecified atom stereocenters. The van der Waals surface area contributed by atoms with Crippen LogP contribution in [-0.2, 0) is 14.3 Å². The lowest BCUT2D eigenvalue weighted by Crippen LogP contribution is -2.21. The summed E-state index contributed by atoms with van der Waals surface area (Å²) in [5.74, 6) is -1.62. The lowest BCUT2D eigenvalue weighted by Gasteiger charge is -1.97. The first kappa shape index (κ1) is 10.3. The molecule has 0 saturated heterocycles. The lowest BCUT2D eigenvalue weighted by atomic mass is 10.4. The SMILES string of the molecule is CC(=S)C(=O)OC(=O)C(C)=S. The Balaban J connectivity index is 4.07. The molecule has 0 aliphatic rings. The number of carbonyl (C=O) groups is 2. The van der Waals surface area contributed by atoms with Gasteiger partial charge in [-0.1, -0.05) is 24.4 Å². The average molecular weight is 190 g/mol. The van der Waals surface area contributed by atoms with Gasteiger partial charge in [0.25, 0.3) is 0 Å². The van der Waals surface area contributed by atoms with Crippen LogP contribution in [0.15, 0.2) is 0 Å². The molecule has 0 radical (unpaired) electrons. The zero-order chi connectivity index (χ0) is 9.02. The van der Waals surface area contributed by atoms with Crippen LogP contribution in [0.25, 0.3) is 0 Å². The van der Waals surface area contributed by atoms with Crippen molar-refractivity contribution >= 4 is 46.1 Å². The predicted octanol–water partition coefficient (Wildman–Crippen LogP) is 0.836. The van der Waals surface area contributed by atoms with Crippen molar-refractivity contribution in [1.82, 2.24) is 0 Å². The van der Waals surface area contributed by atoms with Gasteiger partial charge in [0.2, 0.25) is 0 Å². The molecule has 3 nitrogen and oxygen atoms in total. The van der Waals surface area contributed by atoms with Gasteiger partial charge in [0.05, 0.1) is 9.73 Å². The molecule has 11 heavy (non-hydrogen) atoms. The average Bonchev–Trinajstić information content (AvgIpc) is 1.87. The van der Waals surface area contributed by atoms with Crippen LogP contribution in [-0.4, -0.2) is 21.7 Å². The van der Waals surface area contributed by atoms with E-state index in [2.05, 4.69) is 29.2 Å². The number of carbonyl (C=O) groups excluding carboxylic acids is 2. The van der Waals surface area contributed by atoms with Gasteiger partial charge in [0, 0.05) is 0 Å². The van der Waals surface area contributed by atoms with Crippen molar-refractivity contribution in [3.05, 3.63) is 0 Å². The fraction of sp³-hybridized carbons (Fsp3) is 0.333.